The van der Waals surface area contributed by atoms with Crippen LogP contribution in [0.25, 0.3) is 17.3 Å². The summed E-state index contributed by atoms with van der Waals surface area (Å²) in [5.74, 6) is 2.18. The first kappa shape index (κ1) is 25.0. The summed E-state index contributed by atoms with van der Waals surface area (Å²) in [4.78, 5) is 0. The third kappa shape index (κ3) is 4.26. The number of aromatic nitrogens is 3. The molecule has 1 aromatic carbocycles. The fraction of sp³-hybridized carbons (Fsp3) is 0.478. The normalized spacial score (nSPS) is 15.9. The molecular formula is C23H30N4O7S. The van der Waals surface area contributed by atoms with E-state index in [-0.39, 0.29) is 31.5 Å². The maximum atomic E-state index is 13.8. The Morgan fingerprint density at radius 2 is 1.83 bits per heavy atom. The lowest BCUT2D eigenvalue weighted by Gasteiger charge is -2.42. The molecule has 0 spiro atoms. The molecule has 4 rings (SSSR count). The van der Waals surface area contributed by atoms with Crippen molar-refractivity contribution in [2.24, 2.45) is 0 Å². The van der Waals surface area contributed by atoms with Crippen LogP contribution in [-0.4, -0.2) is 73.1 Å². The number of hydrogen-bond acceptors (Lipinski definition) is 9. The van der Waals surface area contributed by atoms with Gasteiger partial charge in [-0.05, 0) is 44.5 Å². The second-order valence-corrected chi connectivity index (χ2v) is 10.6. The fourth-order valence-electron chi connectivity index (χ4n) is 3.97. The Morgan fingerprint density at radius 1 is 1.17 bits per heavy atom. The zero-order chi connectivity index (χ0) is 25.4. The number of nitrogens with zero attached hydrogens (tertiary/aromatic N) is 4. The van der Waals surface area contributed by atoms with E-state index in [1.54, 1.807) is 41.8 Å². The van der Waals surface area contributed by atoms with E-state index in [0.717, 1.165) is 0 Å². The van der Waals surface area contributed by atoms with Crippen LogP contribution >= 0.6 is 0 Å². The predicted octanol–water partition coefficient (Wildman–Crippen LogP) is 2.55. The van der Waals surface area contributed by atoms with Gasteiger partial charge in [0.25, 0.3) is 0 Å². The molecule has 1 saturated heterocycles. The largest absolute Gasteiger partial charge is 0.494 e. The average molecular weight is 507 g/mol. The molecule has 35 heavy (non-hydrogen) atoms. The van der Waals surface area contributed by atoms with Crippen LogP contribution in [0, 0.1) is 6.92 Å². The molecule has 1 atom stereocenters. The highest BCUT2D eigenvalue weighted by Crippen LogP contribution is 2.40. The number of anilines is 1. The average Bonchev–Trinajstić information content (AvgIpc) is 3.45. The summed E-state index contributed by atoms with van der Waals surface area (Å²) >= 11 is 0. The van der Waals surface area contributed by atoms with Crippen molar-refractivity contribution < 1.29 is 32.2 Å². The molecule has 0 bridgehead atoms. The van der Waals surface area contributed by atoms with E-state index in [4.69, 9.17) is 18.6 Å². The topological polar surface area (TPSA) is 129 Å². The molecule has 1 N–H and O–H groups in total. The monoisotopic (exact) mass is 506 g/mol. The highest BCUT2D eigenvalue weighted by Gasteiger charge is 2.50. The number of ether oxygens (including phenoxy) is 3. The Hall–Kier alpha value is -3.09. The smallest absolute Gasteiger partial charge is 0.246 e. The highest BCUT2D eigenvalue weighted by molar-refractivity contribution is 7.93. The Morgan fingerprint density at radius 3 is 2.31 bits per heavy atom. The first-order valence-electron chi connectivity index (χ1n) is 11.2. The molecule has 3 aromatic rings. The van der Waals surface area contributed by atoms with Gasteiger partial charge in [-0.25, -0.2) is 12.7 Å². The molecule has 3 heterocycles. The van der Waals surface area contributed by atoms with Crippen LogP contribution in [0.4, 0.5) is 5.95 Å². The second kappa shape index (κ2) is 9.51. The van der Waals surface area contributed by atoms with Crippen LogP contribution in [0.2, 0.25) is 0 Å². The van der Waals surface area contributed by atoms with Crippen LogP contribution in [0.5, 0.6) is 11.5 Å². The van der Waals surface area contributed by atoms with Crippen LogP contribution in [0.3, 0.4) is 0 Å². The zero-order valence-electron chi connectivity index (χ0n) is 20.4. The maximum absolute atomic E-state index is 13.8. The number of methoxy groups -OCH3 is 2. The molecule has 1 aliphatic heterocycles. The SMILES string of the molecule is CCCN(c1nnc(-c2ccc(C)o2)n1-c1c(OC)cccc1OC)S(=O)(=O)[C@@H](C)C1(O)COC1. The van der Waals surface area contributed by atoms with Gasteiger partial charge in [0.05, 0.1) is 27.4 Å². The Bertz CT molecular complexity index is 1270. The summed E-state index contributed by atoms with van der Waals surface area (Å²) in [6.45, 7) is 5.12. The minimum atomic E-state index is -4.10. The molecule has 1 aliphatic rings. The predicted molar refractivity (Wildman–Crippen MR) is 129 cm³/mol. The minimum Gasteiger partial charge on any atom is -0.494 e. The van der Waals surface area contributed by atoms with Gasteiger partial charge < -0.3 is 23.7 Å². The molecule has 0 amide bonds. The van der Waals surface area contributed by atoms with Crippen molar-refractivity contribution in [2.45, 2.75) is 38.0 Å². The first-order chi connectivity index (χ1) is 16.7. The molecule has 0 radical (unpaired) electrons. The van der Waals surface area contributed by atoms with Crippen molar-refractivity contribution in [3.8, 4) is 28.8 Å². The number of para-hydroxylation sites is 1. The number of rotatable bonds is 10. The van der Waals surface area contributed by atoms with Gasteiger partial charge in [0.2, 0.25) is 21.8 Å². The van der Waals surface area contributed by atoms with Crippen LogP contribution in [0.15, 0.2) is 34.7 Å². The lowest BCUT2D eigenvalue weighted by atomic mass is 9.99. The van der Waals surface area contributed by atoms with E-state index in [9.17, 15) is 13.5 Å². The van der Waals surface area contributed by atoms with E-state index in [1.165, 1.54) is 25.4 Å². The summed E-state index contributed by atoms with van der Waals surface area (Å²) in [6, 6.07) is 8.74. The number of benzene rings is 1. The van der Waals surface area contributed by atoms with Gasteiger partial charge in [0, 0.05) is 6.54 Å². The molecule has 1 fully saturated rings. The summed E-state index contributed by atoms with van der Waals surface area (Å²) in [7, 11) is -1.08. The minimum absolute atomic E-state index is 0.0226. The third-order valence-corrected chi connectivity index (χ3v) is 8.39. The van der Waals surface area contributed by atoms with Crippen molar-refractivity contribution in [3.63, 3.8) is 0 Å². The summed E-state index contributed by atoms with van der Waals surface area (Å²) in [5.41, 5.74) is -1.07. The van der Waals surface area contributed by atoms with Crippen LogP contribution in [-0.2, 0) is 14.8 Å². The molecule has 2 aromatic heterocycles. The molecule has 0 unspecified atom stereocenters. The van der Waals surface area contributed by atoms with E-state index in [2.05, 4.69) is 10.2 Å². The van der Waals surface area contributed by atoms with E-state index in [0.29, 0.717) is 35.1 Å². The van der Waals surface area contributed by atoms with Crippen molar-refractivity contribution in [2.75, 3.05) is 38.3 Å². The van der Waals surface area contributed by atoms with Crippen molar-refractivity contribution in [3.05, 3.63) is 36.1 Å². The third-order valence-electron chi connectivity index (χ3n) is 6.10. The summed E-state index contributed by atoms with van der Waals surface area (Å²) in [5, 5.41) is 18.3. The standard InChI is InChI=1S/C23H30N4O7S/c1-6-12-26(35(29,30)16(3)23(28)13-33-14-23)22-25-24-21(19-11-10-15(2)34-19)27(22)20-17(31-4)8-7-9-18(20)32-5/h7-11,16,28H,6,12-14H2,1-5H3/t16-/m0/s1. The molecule has 11 nitrogen and oxygen atoms in total. The number of aliphatic hydroxyl groups is 1. The Labute approximate surface area is 204 Å². The van der Waals surface area contributed by atoms with Crippen molar-refractivity contribution >= 4 is 16.0 Å². The highest BCUT2D eigenvalue weighted by atomic mass is 32.2. The van der Waals surface area contributed by atoms with Gasteiger partial charge in [-0.2, -0.15) is 0 Å². The molecule has 190 valence electrons. The van der Waals surface area contributed by atoms with E-state index in [1.807, 2.05) is 6.92 Å². The van der Waals surface area contributed by atoms with E-state index >= 15 is 0 Å². The second-order valence-electron chi connectivity index (χ2n) is 8.44. The van der Waals surface area contributed by atoms with Gasteiger partial charge in [-0.3, -0.25) is 4.57 Å². The lowest BCUT2D eigenvalue weighted by molar-refractivity contribution is -0.176. The van der Waals surface area contributed by atoms with E-state index < -0.39 is 20.9 Å². The quantitative estimate of drug-likeness (QED) is 0.441. The van der Waals surface area contributed by atoms with Crippen molar-refractivity contribution in [1.29, 1.82) is 0 Å². The Kier molecular flexibility index (Phi) is 6.80. The van der Waals surface area contributed by atoms with Gasteiger partial charge in [-0.15, -0.1) is 10.2 Å². The first-order valence-corrected chi connectivity index (χ1v) is 12.7. The van der Waals surface area contributed by atoms with Crippen LogP contribution < -0.4 is 13.8 Å². The van der Waals surface area contributed by atoms with Gasteiger partial charge in [0.15, 0.2) is 5.76 Å². The van der Waals surface area contributed by atoms with Gasteiger partial charge in [-0.1, -0.05) is 13.0 Å². The maximum Gasteiger partial charge on any atom is 0.246 e. The van der Waals surface area contributed by atoms with Crippen molar-refractivity contribution in [1.82, 2.24) is 14.8 Å². The molecule has 0 saturated carbocycles. The number of hydrogen-bond donors (Lipinski definition) is 1. The molecular weight excluding hydrogens is 476 g/mol. The number of sulfonamides is 1. The fourth-order valence-corrected chi connectivity index (χ4v) is 5.82. The number of aryl methyl sites for hydroxylation is 1. The Balaban J connectivity index is 1.98. The van der Waals surface area contributed by atoms with Gasteiger partial charge >= 0.3 is 0 Å². The summed E-state index contributed by atoms with van der Waals surface area (Å²) < 4.78 is 52.5. The van der Waals surface area contributed by atoms with Gasteiger partial charge in [0.1, 0.15) is 33.8 Å². The van der Waals surface area contributed by atoms with Crippen LogP contribution in [0.1, 0.15) is 26.0 Å². The lowest BCUT2D eigenvalue weighted by Crippen LogP contribution is -2.62. The number of furan rings is 1. The zero-order valence-corrected chi connectivity index (χ0v) is 21.2. The summed E-state index contributed by atoms with van der Waals surface area (Å²) in [6.07, 6.45) is 0.492. The molecule has 12 heteroatoms. The molecule has 0 aliphatic carbocycles.